The minimum absolute atomic E-state index is 0.231. The highest BCUT2D eigenvalue weighted by Gasteiger charge is 2.32. The minimum atomic E-state index is -4.53. The fraction of sp³-hybridized carbons (Fsp3) is 0.111. The van der Waals surface area contributed by atoms with Gasteiger partial charge in [-0.25, -0.2) is 0 Å². The van der Waals surface area contributed by atoms with Gasteiger partial charge in [-0.05, 0) is 17.7 Å². The molecule has 0 heterocycles. The average Bonchev–Trinajstić information content (AvgIpc) is 2.07. The molecular weight excluding hydrogens is 236 g/mol. The van der Waals surface area contributed by atoms with Crippen molar-refractivity contribution < 1.29 is 13.2 Å². The van der Waals surface area contributed by atoms with Crippen molar-refractivity contribution in [2.75, 3.05) is 0 Å². The van der Waals surface area contributed by atoms with Crippen LogP contribution in [0.25, 0.3) is 6.08 Å². The maximum atomic E-state index is 12.0. The lowest BCUT2D eigenvalue weighted by atomic mass is 10.2. The molecule has 0 fully saturated rings. The molecule has 0 saturated heterocycles. The van der Waals surface area contributed by atoms with Crippen molar-refractivity contribution in [3.8, 4) is 0 Å². The number of alkyl halides is 3. The standard InChI is InChI=1S/C9H5Cl2F3/c10-7-4-2-1-3-6(7)5-8(11)9(12,13)14/h1-5H/b8-5-. The number of benzene rings is 1. The van der Waals surface area contributed by atoms with Crippen molar-refractivity contribution in [2.45, 2.75) is 6.18 Å². The highest BCUT2D eigenvalue weighted by atomic mass is 35.5. The molecule has 0 aliphatic heterocycles. The first kappa shape index (κ1) is 11.4. The smallest absolute Gasteiger partial charge is 0.165 e. The van der Waals surface area contributed by atoms with Crippen LogP contribution in [0.2, 0.25) is 5.02 Å². The lowest BCUT2D eigenvalue weighted by Gasteiger charge is -2.04. The van der Waals surface area contributed by atoms with Crippen LogP contribution >= 0.6 is 23.2 Å². The molecule has 0 aromatic heterocycles. The number of halogens is 5. The third kappa shape index (κ3) is 2.93. The Hall–Kier alpha value is -0.670. The van der Waals surface area contributed by atoms with Crippen molar-refractivity contribution in [3.05, 3.63) is 39.9 Å². The molecule has 0 aliphatic rings. The zero-order chi connectivity index (χ0) is 10.8. The SMILES string of the molecule is FC(F)(F)/C(Cl)=C/c1ccccc1Cl. The van der Waals surface area contributed by atoms with E-state index >= 15 is 0 Å². The first-order valence-electron chi connectivity index (χ1n) is 3.60. The maximum Gasteiger partial charge on any atom is 0.426 e. The zero-order valence-corrected chi connectivity index (χ0v) is 8.29. The summed E-state index contributed by atoms with van der Waals surface area (Å²) in [5.74, 6) is 0. The van der Waals surface area contributed by atoms with Crippen LogP contribution in [0.1, 0.15) is 5.56 Å². The van der Waals surface area contributed by atoms with Gasteiger partial charge >= 0.3 is 6.18 Å². The van der Waals surface area contributed by atoms with Crippen LogP contribution in [0.3, 0.4) is 0 Å². The molecule has 0 bridgehead atoms. The van der Waals surface area contributed by atoms with Crippen LogP contribution < -0.4 is 0 Å². The monoisotopic (exact) mass is 240 g/mol. The van der Waals surface area contributed by atoms with Gasteiger partial charge in [-0.2, -0.15) is 13.2 Å². The Morgan fingerprint density at radius 3 is 2.29 bits per heavy atom. The predicted molar refractivity (Wildman–Crippen MR) is 51.3 cm³/mol. The van der Waals surface area contributed by atoms with Gasteiger partial charge in [0, 0.05) is 5.02 Å². The molecule has 14 heavy (non-hydrogen) atoms. The summed E-state index contributed by atoms with van der Waals surface area (Å²) in [6.07, 6.45) is -3.73. The first-order valence-corrected chi connectivity index (χ1v) is 4.36. The quantitative estimate of drug-likeness (QED) is 0.679. The lowest BCUT2D eigenvalue weighted by molar-refractivity contribution is -0.0836. The summed E-state index contributed by atoms with van der Waals surface area (Å²) < 4.78 is 36.1. The lowest BCUT2D eigenvalue weighted by Crippen LogP contribution is -2.06. The van der Waals surface area contributed by atoms with Gasteiger partial charge in [0.2, 0.25) is 0 Å². The average molecular weight is 241 g/mol. The summed E-state index contributed by atoms with van der Waals surface area (Å²) in [6, 6.07) is 6.16. The van der Waals surface area contributed by atoms with Gasteiger partial charge in [0.05, 0.1) is 0 Å². The molecular formula is C9H5Cl2F3. The maximum absolute atomic E-state index is 12.0. The molecule has 0 spiro atoms. The first-order chi connectivity index (χ1) is 6.41. The van der Waals surface area contributed by atoms with E-state index in [0.717, 1.165) is 6.08 Å². The molecule has 0 nitrogen and oxygen atoms in total. The summed E-state index contributed by atoms with van der Waals surface area (Å²) in [7, 11) is 0. The second-order valence-electron chi connectivity index (χ2n) is 2.51. The molecule has 1 rings (SSSR count). The fourth-order valence-electron chi connectivity index (χ4n) is 0.811. The number of hydrogen-bond donors (Lipinski definition) is 0. The van der Waals surface area contributed by atoms with Crippen molar-refractivity contribution in [1.29, 1.82) is 0 Å². The summed E-state index contributed by atoms with van der Waals surface area (Å²) in [5, 5.41) is -0.958. The van der Waals surface area contributed by atoms with Crippen molar-refractivity contribution >= 4 is 29.3 Å². The number of hydrogen-bond acceptors (Lipinski definition) is 0. The molecule has 0 atom stereocenters. The van der Waals surface area contributed by atoms with Gasteiger partial charge in [-0.1, -0.05) is 41.4 Å². The van der Waals surface area contributed by atoms with E-state index < -0.39 is 11.2 Å². The summed E-state index contributed by atoms with van der Waals surface area (Å²) in [5.41, 5.74) is 0.247. The van der Waals surface area contributed by atoms with Crippen molar-refractivity contribution in [2.24, 2.45) is 0 Å². The third-order valence-corrected chi connectivity index (χ3v) is 2.13. The van der Waals surface area contributed by atoms with Crippen LogP contribution in [0.5, 0.6) is 0 Å². The second-order valence-corrected chi connectivity index (χ2v) is 3.33. The van der Waals surface area contributed by atoms with E-state index in [-0.39, 0.29) is 10.6 Å². The Balaban J connectivity index is 3.04. The van der Waals surface area contributed by atoms with E-state index in [1.807, 2.05) is 0 Å². The van der Waals surface area contributed by atoms with Crippen molar-refractivity contribution in [3.63, 3.8) is 0 Å². The Bertz CT molecular complexity index is 355. The molecule has 0 aliphatic carbocycles. The van der Waals surface area contributed by atoms with E-state index in [9.17, 15) is 13.2 Å². The molecule has 1 aromatic carbocycles. The normalized spacial score (nSPS) is 13.1. The van der Waals surface area contributed by atoms with Gasteiger partial charge in [-0.3, -0.25) is 0 Å². The third-order valence-electron chi connectivity index (χ3n) is 1.46. The Labute approximate surface area is 88.9 Å². The molecule has 0 N–H and O–H groups in total. The zero-order valence-electron chi connectivity index (χ0n) is 6.78. The van der Waals surface area contributed by atoms with Gasteiger partial charge in [0.15, 0.2) is 0 Å². The largest absolute Gasteiger partial charge is 0.426 e. The van der Waals surface area contributed by atoms with Gasteiger partial charge in [-0.15, -0.1) is 0 Å². The van der Waals surface area contributed by atoms with Crippen LogP contribution in [0.4, 0.5) is 13.2 Å². The van der Waals surface area contributed by atoms with E-state index in [0.29, 0.717) is 0 Å². The van der Waals surface area contributed by atoms with Crippen LogP contribution in [0, 0.1) is 0 Å². The molecule has 5 heteroatoms. The van der Waals surface area contributed by atoms with Gasteiger partial charge in [0.1, 0.15) is 5.03 Å². The van der Waals surface area contributed by atoms with Gasteiger partial charge < -0.3 is 0 Å². The number of rotatable bonds is 1. The summed E-state index contributed by atoms with van der Waals surface area (Å²) in [4.78, 5) is 0. The highest BCUT2D eigenvalue weighted by Crippen LogP contribution is 2.31. The molecule has 0 unspecified atom stereocenters. The molecule has 0 amide bonds. The number of allylic oxidation sites excluding steroid dienone is 1. The molecule has 0 radical (unpaired) electrons. The van der Waals surface area contributed by atoms with E-state index in [1.54, 1.807) is 12.1 Å². The summed E-state index contributed by atoms with van der Waals surface area (Å²) >= 11 is 10.7. The highest BCUT2D eigenvalue weighted by molar-refractivity contribution is 6.34. The molecule has 76 valence electrons. The fourth-order valence-corrected chi connectivity index (χ4v) is 1.12. The van der Waals surface area contributed by atoms with Crippen LogP contribution in [-0.4, -0.2) is 6.18 Å². The topological polar surface area (TPSA) is 0 Å². The van der Waals surface area contributed by atoms with Crippen LogP contribution in [-0.2, 0) is 0 Å². The van der Waals surface area contributed by atoms with Crippen molar-refractivity contribution in [1.82, 2.24) is 0 Å². The second kappa shape index (κ2) is 4.24. The Kier molecular flexibility index (Phi) is 3.45. The Morgan fingerprint density at radius 1 is 1.21 bits per heavy atom. The Morgan fingerprint density at radius 2 is 1.79 bits per heavy atom. The molecule has 1 aromatic rings. The molecule has 0 saturated carbocycles. The van der Waals surface area contributed by atoms with E-state index in [4.69, 9.17) is 23.2 Å². The van der Waals surface area contributed by atoms with Gasteiger partial charge in [0.25, 0.3) is 0 Å². The minimum Gasteiger partial charge on any atom is -0.165 e. The van der Waals surface area contributed by atoms with E-state index in [2.05, 4.69) is 0 Å². The predicted octanol–water partition coefficient (Wildman–Crippen LogP) is 4.48. The van der Waals surface area contributed by atoms with Crippen LogP contribution in [0.15, 0.2) is 29.3 Å². The van der Waals surface area contributed by atoms with E-state index in [1.165, 1.54) is 12.1 Å². The summed E-state index contributed by atoms with van der Waals surface area (Å²) in [6.45, 7) is 0.